The maximum Gasteiger partial charge on any atom is 0.152 e. The van der Waals surface area contributed by atoms with Gasteiger partial charge in [-0.05, 0) is 99.5 Å². The number of nitrogens with zero attached hydrogens (tertiary/aromatic N) is 2. The summed E-state index contributed by atoms with van der Waals surface area (Å²) >= 11 is 3.92. The van der Waals surface area contributed by atoms with Gasteiger partial charge in [0.1, 0.15) is 16.0 Å². The summed E-state index contributed by atoms with van der Waals surface area (Å²) in [5.41, 5.74) is 5.97. The lowest BCUT2D eigenvalue weighted by atomic mass is 10.1. The molecule has 0 aliphatic heterocycles. The number of fused-ring (bicyclic) bond motifs is 2. The second-order valence-electron chi connectivity index (χ2n) is 13.1. The molecular weight excluding hydrogens is 740 g/mol. The summed E-state index contributed by atoms with van der Waals surface area (Å²) in [6.45, 7) is 0. The van der Waals surface area contributed by atoms with Gasteiger partial charge in [0.25, 0.3) is 0 Å². The van der Waals surface area contributed by atoms with Crippen LogP contribution in [0, 0.1) is 0 Å². The van der Waals surface area contributed by atoms with E-state index in [1.165, 1.54) is 0 Å². The third kappa shape index (κ3) is 6.78. The third-order valence-electron chi connectivity index (χ3n) is 9.60. The largest absolute Gasteiger partial charge is 0.454 e. The van der Waals surface area contributed by atoms with Gasteiger partial charge in [-0.3, -0.25) is 0 Å². The van der Waals surface area contributed by atoms with E-state index in [4.69, 9.17) is 9.47 Å². The molecule has 9 aromatic rings. The van der Waals surface area contributed by atoms with Crippen LogP contribution in [-0.2, 0) is 0 Å². The van der Waals surface area contributed by atoms with Crippen molar-refractivity contribution < 1.29 is 9.47 Å². The van der Waals surface area contributed by atoms with Crippen LogP contribution < -0.4 is 19.3 Å². The van der Waals surface area contributed by atoms with Gasteiger partial charge in [-0.15, -0.1) is 0 Å². The average molecular weight is 776 g/mol. The zero-order valence-electron chi connectivity index (χ0n) is 29.8. The molecule has 0 saturated carbocycles. The second kappa shape index (κ2) is 15.3. The van der Waals surface area contributed by atoms with Crippen LogP contribution >= 0.6 is 15.9 Å². The molecule has 0 fully saturated rings. The summed E-state index contributed by atoms with van der Waals surface area (Å²) in [6.07, 6.45) is 0. The van der Waals surface area contributed by atoms with Crippen molar-refractivity contribution in [2.24, 2.45) is 0 Å². The van der Waals surface area contributed by atoms with Crippen LogP contribution in [0.4, 0.5) is 34.1 Å². The van der Waals surface area contributed by atoms with E-state index in [1.807, 2.05) is 42.5 Å². The number of para-hydroxylation sites is 4. The number of hydrogen-bond acceptors (Lipinski definition) is 4. The van der Waals surface area contributed by atoms with Crippen LogP contribution in [0.5, 0.6) is 23.0 Å². The van der Waals surface area contributed by atoms with Crippen molar-refractivity contribution >= 4 is 71.6 Å². The van der Waals surface area contributed by atoms with Gasteiger partial charge >= 0.3 is 0 Å². The van der Waals surface area contributed by atoms with Gasteiger partial charge in [0, 0.05) is 33.5 Å². The van der Waals surface area contributed by atoms with Crippen molar-refractivity contribution in [3.05, 3.63) is 217 Å². The van der Waals surface area contributed by atoms with Crippen molar-refractivity contribution in [2.75, 3.05) is 9.80 Å². The Hall–Kier alpha value is -6.82. The van der Waals surface area contributed by atoms with Crippen LogP contribution in [0.3, 0.4) is 0 Å². The SMILES string of the molecule is Brc1c(Oc2ccc3ccccc3c2N(c2ccccc2)c2ccccc2)cccc1Oc1ccc2ccccc2c1N(c1ccccc1)c1ccccc1. The van der Waals surface area contributed by atoms with Gasteiger partial charge in [0.15, 0.2) is 11.5 Å². The van der Waals surface area contributed by atoms with E-state index in [0.717, 1.165) is 55.7 Å². The van der Waals surface area contributed by atoms with Crippen LogP contribution in [-0.4, -0.2) is 0 Å². The Labute approximate surface area is 329 Å². The quantitative estimate of drug-likeness (QED) is 0.138. The molecule has 264 valence electrons. The predicted molar refractivity (Wildman–Crippen MR) is 232 cm³/mol. The number of benzene rings is 9. The summed E-state index contributed by atoms with van der Waals surface area (Å²) in [6, 6.07) is 72.7. The standard InChI is InChI=1S/C50H35BrN2O2/c51-48-44(54-46-34-32-36-18-13-15-28-42(36)49(46)52(38-20-5-1-6-21-38)39-22-7-2-8-23-39)30-17-31-45(48)55-47-35-33-37-19-14-16-29-43(37)50(47)53(40-24-9-3-10-25-40)41-26-11-4-12-27-41/h1-35H. The Kier molecular flexibility index (Phi) is 9.43. The van der Waals surface area contributed by atoms with Gasteiger partial charge in [0.05, 0.1) is 11.4 Å². The fourth-order valence-electron chi connectivity index (χ4n) is 7.10. The minimum absolute atomic E-state index is 0.625. The van der Waals surface area contributed by atoms with E-state index in [-0.39, 0.29) is 0 Å². The number of halogens is 1. The fourth-order valence-corrected chi connectivity index (χ4v) is 7.53. The van der Waals surface area contributed by atoms with Crippen molar-refractivity contribution in [1.82, 2.24) is 0 Å². The maximum atomic E-state index is 6.96. The molecule has 0 aromatic heterocycles. The van der Waals surface area contributed by atoms with E-state index < -0.39 is 0 Å². The lowest BCUT2D eigenvalue weighted by Gasteiger charge is -2.29. The van der Waals surface area contributed by atoms with Gasteiger partial charge in [0.2, 0.25) is 0 Å². The number of anilines is 6. The molecule has 0 atom stereocenters. The first kappa shape index (κ1) is 34.0. The Morgan fingerprint density at radius 3 is 0.982 bits per heavy atom. The van der Waals surface area contributed by atoms with Crippen molar-refractivity contribution in [3.8, 4) is 23.0 Å². The highest BCUT2D eigenvalue weighted by molar-refractivity contribution is 9.10. The van der Waals surface area contributed by atoms with Gasteiger partial charge in [-0.25, -0.2) is 0 Å². The third-order valence-corrected chi connectivity index (χ3v) is 10.4. The maximum absolute atomic E-state index is 6.96. The molecule has 9 aromatic carbocycles. The van der Waals surface area contributed by atoms with E-state index >= 15 is 0 Å². The zero-order valence-corrected chi connectivity index (χ0v) is 31.4. The highest BCUT2D eigenvalue weighted by Crippen LogP contribution is 2.50. The van der Waals surface area contributed by atoms with E-state index in [9.17, 15) is 0 Å². The van der Waals surface area contributed by atoms with Crippen LogP contribution in [0.2, 0.25) is 0 Å². The molecule has 0 heterocycles. The van der Waals surface area contributed by atoms with Crippen molar-refractivity contribution in [3.63, 3.8) is 0 Å². The zero-order chi connectivity index (χ0) is 37.0. The van der Waals surface area contributed by atoms with Crippen molar-refractivity contribution in [2.45, 2.75) is 0 Å². The van der Waals surface area contributed by atoms with Crippen molar-refractivity contribution in [1.29, 1.82) is 0 Å². The lowest BCUT2D eigenvalue weighted by Crippen LogP contribution is -2.12. The second-order valence-corrected chi connectivity index (χ2v) is 13.8. The molecule has 5 heteroatoms. The molecule has 4 nitrogen and oxygen atoms in total. The molecule has 0 spiro atoms. The molecule has 0 bridgehead atoms. The van der Waals surface area contributed by atoms with Gasteiger partial charge in [-0.2, -0.15) is 0 Å². The Bertz CT molecular complexity index is 2460. The summed E-state index contributed by atoms with van der Waals surface area (Å²) < 4.78 is 14.6. The van der Waals surface area contributed by atoms with Crippen LogP contribution in [0.15, 0.2) is 217 Å². The summed E-state index contributed by atoms with van der Waals surface area (Å²) in [5, 5.41) is 4.36. The molecule has 0 unspecified atom stereocenters. The minimum Gasteiger partial charge on any atom is -0.454 e. The normalized spacial score (nSPS) is 11.0. The summed E-state index contributed by atoms with van der Waals surface area (Å²) in [4.78, 5) is 4.52. The van der Waals surface area contributed by atoms with Gasteiger partial charge < -0.3 is 19.3 Å². The van der Waals surface area contributed by atoms with E-state index in [0.29, 0.717) is 27.5 Å². The topological polar surface area (TPSA) is 24.9 Å². The molecule has 0 aliphatic rings. The first-order chi connectivity index (χ1) is 27.2. The predicted octanol–water partition coefficient (Wildman–Crippen LogP) is 15.3. The molecule has 0 radical (unpaired) electrons. The highest BCUT2D eigenvalue weighted by Gasteiger charge is 2.24. The Balaban J connectivity index is 1.17. The van der Waals surface area contributed by atoms with Crippen LogP contribution in [0.25, 0.3) is 21.5 Å². The van der Waals surface area contributed by atoms with E-state index in [1.54, 1.807) is 0 Å². The molecule has 0 saturated heterocycles. The fraction of sp³-hybridized carbons (Fsp3) is 0. The average Bonchev–Trinajstić information content (AvgIpc) is 3.25. The molecule has 9 rings (SSSR count). The molecule has 55 heavy (non-hydrogen) atoms. The number of rotatable bonds is 10. The summed E-state index contributed by atoms with van der Waals surface area (Å²) in [5.74, 6) is 2.66. The monoisotopic (exact) mass is 774 g/mol. The molecular formula is C50H35BrN2O2. The minimum atomic E-state index is 0.625. The number of ether oxygens (including phenoxy) is 2. The molecule has 0 amide bonds. The lowest BCUT2D eigenvalue weighted by molar-refractivity contribution is 0.456. The molecule has 0 aliphatic carbocycles. The smallest absolute Gasteiger partial charge is 0.152 e. The highest BCUT2D eigenvalue weighted by atomic mass is 79.9. The first-order valence-corrected chi connectivity index (χ1v) is 19.0. The number of hydrogen-bond donors (Lipinski definition) is 0. The van der Waals surface area contributed by atoms with E-state index in [2.05, 4.69) is 196 Å². The van der Waals surface area contributed by atoms with Gasteiger partial charge in [-0.1, -0.05) is 140 Å². The Morgan fingerprint density at radius 2 is 0.618 bits per heavy atom. The summed E-state index contributed by atoms with van der Waals surface area (Å²) in [7, 11) is 0. The van der Waals surface area contributed by atoms with Crippen LogP contribution in [0.1, 0.15) is 0 Å². The Morgan fingerprint density at radius 1 is 0.291 bits per heavy atom. The first-order valence-electron chi connectivity index (χ1n) is 18.2. The molecule has 0 N–H and O–H groups in total.